The van der Waals surface area contributed by atoms with Crippen molar-refractivity contribution >= 4 is 22.6 Å². The Bertz CT molecular complexity index is 1110. The summed E-state index contributed by atoms with van der Waals surface area (Å²) in [6.45, 7) is 2.80. The highest BCUT2D eigenvalue weighted by Gasteiger charge is 2.35. The van der Waals surface area contributed by atoms with Gasteiger partial charge < -0.3 is 19.1 Å². The number of ketones is 1. The zero-order chi connectivity index (χ0) is 20.8. The molecule has 1 saturated heterocycles. The summed E-state index contributed by atoms with van der Waals surface area (Å²) in [6, 6.07) is 9.59. The van der Waals surface area contributed by atoms with Crippen molar-refractivity contribution < 1.29 is 19.2 Å². The number of nitrogens with zero attached hydrogens (tertiary/aromatic N) is 3. The standard InChI is InChI=1S/C23H25N3O4/c1-14-8-17(30-24-14)9-16-10-26(12-21(16)27)22(28)13-25-11-19(23(29)15-6-7-15)18-4-2-3-5-20(18)25/h2-5,8,11,15-16,21,27H,6-7,9-10,12-13H2,1H3/t16-,21-/m1/s1. The molecule has 0 unspecified atom stereocenters. The number of carbonyl (C=O) groups is 2. The van der Waals surface area contributed by atoms with Gasteiger partial charge in [-0.15, -0.1) is 0 Å². The lowest BCUT2D eigenvalue weighted by Crippen LogP contribution is -2.32. The third-order valence-electron chi connectivity index (χ3n) is 6.21. The van der Waals surface area contributed by atoms with Gasteiger partial charge in [-0.3, -0.25) is 9.59 Å². The van der Waals surface area contributed by atoms with Crippen molar-refractivity contribution in [3.63, 3.8) is 0 Å². The summed E-state index contributed by atoms with van der Waals surface area (Å²) in [6.07, 6.45) is 3.69. The van der Waals surface area contributed by atoms with Crippen molar-refractivity contribution in [1.29, 1.82) is 0 Å². The summed E-state index contributed by atoms with van der Waals surface area (Å²) >= 11 is 0. The van der Waals surface area contributed by atoms with Crippen LogP contribution < -0.4 is 0 Å². The molecule has 1 saturated carbocycles. The number of Topliss-reactive ketones (excluding diaryl/α,β-unsaturated/α-hetero) is 1. The predicted octanol–water partition coefficient (Wildman–Crippen LogP) is 2.59. The van der Waals surface area contributed by atoms with Crippen molar-refractivity contribution in [3.05, 3.63) is 53.5 Å². The van der Waals surface area contributed by atoms with Crippen molar-refractivity contribution in [2.45, 2.75) is 38.8 Å². The van der Waals surface area contributed by atoms with Gasteiger partial charge in [-0.2, -0.15) is 0 Å². The molecule has 0 bridgehead atoms. The molecule has 2 fully saturated rings. The molecule has 1 aliphatic heterocycles. The Hall–Kier alpha value is -2.93. The fourth-order valence-corrected chi connectivity index (χ4v) is 4.41. The van der Waals surface area contributed by atoms with E-state index in [0.717, 1.165) is 35.2 Å². The van der Waals surface area contributed by atoms with Crippen LogP contribution in [-0.2, 0) is 17.8 Å². The van der Waals surface area contributed by atoms with Gasteiger partial charge in [-0.1, -0.05) is 23.4 Å². The van der Waals surface area contributed by atoms with Crippen LogP contribution >= 0.6 is 0 Å². The molecule has 1 amide bonds. The zero-order valence-electron chi connectivity index (χ0n) is 17.0. The Kier molecular flexibility index (Phi) is 4.70. The molecule has 7 nitrogen and oxygen atoms in total. The first-order chi connectivity index (χ1) is 14.5. The van der Waals surface area contributed by atoms with Crippen LogP contribution in [0, 0.1) is 18.8 Å². The Balaban J connectivity index is 1.32. The van der Waals surface area contributed by atoms with Crippen molar-refractivity contribution in [2.75, 3.05) is 13.1 Å². The molecule has 7 heteroatoms. The second-order valence-electron chi connectivity index (χ2n) is 8.59. The Morgan fingerprint density at radius 2 is 2.03 bits per heavy atom. The second-order valence-corrected chi connectivity index (χ2v) is 8.59. The van der Waals surface area contributed by atoms with E-state index in [0.29, 0.717) is 25.1 Å². The quantitative estimate of drug-likeness (QED) is 0.635. The first kappa shape index (κ1) is 19.1. The number of rotatable bonds is 6. The van der Waals surface area contributed by atoms with E-state index in [2.05, 4.69) is 5.16 Å². The Labute approximate surface area is 174 Å². The number of aromatic nitrogens is 2. The van der Waals surface area contributed by atoms with Crippen LogP contribution in [0.4, 0.5) is 0 Å². The number of aliphatic hydroxyl groups excluding tert-OH is 1. The van der Waals surface area contributed by atoms with Gasteiger partial charge in [0, 0.05) is 60.1 Å². The number of hydrogen-bond acceptors (Lipinski definition) is 5. The van der Waals surface area contributed by atoms with Crippen molar-refractivity contribution in [3.8, 4) is 0 Å². The highest BCUT2D eigenvalue weighted by molar-refractivity contribution is 6.10. The fourth-order valence-electron chi connectivity index (χ4n) is 4.41. The number of carbonyl (C=O) groups excluding carboxylic acids is 2. The van der Waals surface area contributed by atoms with Crippen molar-refractivity contribution in [1.82, 2.24) is 14.6 Å². The summed E-state index contributed by atoms with van der Waals surface area (Å²) in [5, 5.41) is 15.2. The number of β-amino-alcohol motifs (C(OH)–C–C–N with tert-alkyl or cyclic N) is 1. The summed E-state index contributed by atoms with van der Waals surface area (Å²) < 4.78 is 7.13. The Morgan fingerprint density at radius 1 is 1.23 bits per heavy atom. The molecule has 5 rings (SSSR count). The summed E-state index contributed by atoms with van der Waals surface area (Å²) in [4.78, 5) is 27.4. The molecule has 2 aromatic heterocycles. The van der Waals surface area contributed by atoms with Gasteiger partial charge in [0.2, 0.25) is 5.91 Å². The summed E-state index contributed by atoms with van der Waals surface area (Å²) in [7, 11) is 0. The van der Waals surface area contributed by atoms with Crippen LogP contribution in [0.5, 0.6) is 0 Å². The lowest BCUT2D eigenvalue weighted by atomic mass is 10.0. The van der Waals surface area contributed by atoms with Crippen LogP contribution in [0.2, 0.25) is 0 Å². The molecule has 30 heavy (non-hydrogen) atoms. The maximum absolute atomic E-state index is 13.0. The van der Waals surface area contributed by atoms with E-state index in [-0.39, 0.29) is 30.1 Å². The minimum absolute atomic E-state index is 0.0588. The molecular formula is C23H25N3O4. The average molecular weight is 407 g/mol. The van der Waals surface area contributed by atoms with Gasteiger partial charge in [0.25, 0.3) is 0 Å². The van der Waals surface area contributed by atoms with E-state index >= 15 is 0 Å². The van der Waals surface area contributed by atoms with Gasteiger partial charge in [0.05, 0.1) is 11.8 Å². The predicted molar refractivity (Wildman–Crippen MR) is 110 cm³/mol. The monoisotopic (exact) mass is 407 g/mol. The van der Waals surface area contributed by atoms with Crippen LogP contribution in [0.3, 0.4) is 0 Å². The number of amides is 1. The van der Waals surface area contributed by atoms with E-state index in [1.807, 2.05) is 48.0 Å². The van der Waals surface area contributed by atoms with Crippen LogP contribution in [0.1, 0.15) is 34.7 Å². The SMILES string of the molecule is Cc1cc(C[C@@H]2CN(C(=O)Cn3cc(C(=O)C4CC4)c4ccccc43)C[C@H]2O)on1. The number of benzene rings is 1. The lowest BCUT2D eigenvalue weighted by Gasteiger charge is -2.17. The first-order valence-corrected chi connectivity index (χ1v) is 10.5. The Morgan fingerprint density at radius 3 is 2.77 bits per heavy atom. The summed E-state index contributed by atoms with van der Waals surface area (Å²) in [5.41, 5.74) is 2.41. The third-order valence-corrected chi connectivity index (χ3v) is 6.21. The normalized spacial score (nSPS) is 21.5. The second kappa shape index (κ2) is 7.40. The smallest absolute Gasteiger partial charge is 0.242 e. The highest BCUT2D eigenvalue weighted by atomic mass is 16.5. The number of aliphatic hydroxyl groups is 1. The molecule has 0 radical (unpaired) electrons. The highest BCUT2D eigenvalue weighted by Crippen LogP contribution is 2.35. The van der Waals surface area contributed by atoms with E-state index in [9.17, 15) is 14.7 Å². The third kappa shape index (κ3) is 3.54. The maximum atomic E-state index is 13.0. The topological polar surface area (TPSA) is 88.6 Å². The molecule has 1 N–H and O–H groups in total. The molecule has 2 aliphatic rings. The molecule has 1 aromatic carbocycles. The van der Waals surface area contributed by atoms with E-state index in [4.69, 9.17) is 4.52 Å². The molecule has 156 valence electrons. The zero-order valence-corrected chi connectivity index (χ0v) is 17.0. The summed E-state index contributed by atoms with van der Waals surface area (Å²) in [5.74, 6) is 0.905. The first-order valence-electron chi connectivity index (χ1n) is 10.5. The molecule has 3 aromatic rings. The van der Waals surface area contributed by atoms with Crippen LogP contribution in [-0.4, -0.2) is 50.6 Å². The van der Waals surface area contributed by atoms with Gasteiger partial charge in [0.15, 0.2) is 5.78 Å². The molecule has 2 atom stereocenters. The maximum Gasteiger partial charge on any atom is 0.242 e. The lowest BCUT2D eigenvalue weighted by molar-refractivity contribution is -0.131. The van der Waals surface area contributed by atoms with Crippen LogP contribution in [0.15, 0.2) is 41.1 Å². The fraction of sp³-hybridized carbons (Fsp3) is 0.435. The average Bonchev–Trinajstić information content (AvgIpc) is 3.28. The number of aryl methyl sites for hydroxylation is 1. The minimum atomic E-state index is -0.590. The number of para-hydroxylation sites is 1. The number of hydrogen-bond donors (Lipinski definition) is 1. The van der Waals surface area contributed by atoms with Gasteiger partial charge in [-0.25, -0.2) is 0 Å². The molecular weight excluding hydrogens is 382 g/mol. The molecule has 0 spiro atoms. The van der Waals surface area contributed by atoms with Gasteiger partial charge in [-0.05, 0) is 25.8 Å². The largest absolute Gasteiger partial charge is 0.391 e. The van der Waals surface area contributed by atoms with E-state index in [1.165, 1.54) is 0 Å². The molecule has 3 heterocycles. The van der Waals surface area contributed by atoms with Crippen LogP contribution in [0.25, 0.3) is 10.9 Å². The van der Waals surface area contributed by atoms with Gasteiger partial charge in [0.1, 0.15) is 12.3 Å². The van der Waals surface area contributed by atoms with Gasteiger partial charge >= 0.3 is 0 Å². The minimum Gasteiger partial charge on any atom is -0.391 e. The number of likely N-dealkylation sites (tertiary alicyclic amines) is 1. The van der Waals surface area contributed by atoms with E-state index in [1.54, 1.807) is 4.90 Å². The van der Waals surface area contributed by atoms with Crippen molar-refractivity contribution in [2.24, 2.45) is 11.8 Å². The van der Waals surface area contributed by atoms with E-state index < -0.39 is 6.10 Å². The number of fused-ring (bicyclic) bond motifs is 1. The molecule has 1 aliphatic carbocycles.